The van der Waals surface area contributed by atoms with E-state index in [-0.39, 0.29) is 23.8 Å². The summed E-state index contributed by atoms with van der Waals surface area (Å²) in [4.78, 5) is 29.1. The number of piperidine rings is 1. The number of nitrogens with zero attached hydrogens (tertiary/aromatic N) is 2. The first kappa shape index (κ1) is 18.9. The molecule has 0 radical (unpaired) electrons. The van der Waals surface area contributed by atoms with Gasteiger partial charge in [0, 0.05) is 33.3 Å². The number of hydrogen-bond acceptors (Lipinski definition) is 3. The summed E-state index contributed by atoms with van der Waals surface area (Å²) in [5, 5.41) is 0. The van der Waals surface area contributed by atoms with Gasteiger partial charge in [0.15, 0.2) is 0 Å². The number of carbonyl (C=O) groups is 2. The number of benzene rings is 1. The van der Waals surface area contributed by atoms with Crippen LogP contribution in [0.3, 0.4) is 0 Å². The van der Waals surface area contributed by atoms with Crippen molar-refractivity contribution < 1.29 is 14.3 Å². The molecular formula is C21H30N2O3. The first-order valence-corrected chi connectivity index (χ1v) is 9.60. The second-order valence-corrected chi connectivity index (χ2v) is 8.01. The Kier molecular flexibility index (Phi) is 5.66. The molecule has 2 aliphatic rings. The maximum absolute atomic E-state index is 13.2. The molecule has 2 heterocycles. The van der Waals surface area contributed by atoms with Gasteiger partial charge in [-0.1, -0.05) is 38.1 Å². The molecule has 2 fully saturated rings. The lowest BCUT2D eigenvalue weighted by Gasteiger charge is -2.39. The number of hydrogen-bond donors (Lipinski definition) is 0. The summed E-state index contributed by atoms with van der Waals surface area (Å²) in [5.74, 6) is 0.709. The highest BCUT2D eigenvalue weighted by atomic mass is 16.5. The van der Waals surface area contributed by atoms with Crippen LogP contribution in [0.25, 0.3) is 0 Å². The molecule has 2 aliphatic heterocycles. The highest BCUT2D eigenvalue weighted by Gasteiger charge is 2.49. The summed E-state index contributed by atoms with van der Waals surface area (Å²) >= 11 is 0. The topological polar surface area (TPSA) is 49.9 Å². The Morgan fingerprint density at radius 1 is 1.19 bits per heavy atom. The Balaban J connectivity index is 1.67. The maximum atomic E-state index is 13.2. The van der Waals surface area contributed by atoms with Crippen LogP contribution in [0.5, 0.6) is 0 Å². The molecule has 1 aromatic carbocycles. The minimum Gasteiger partial charge on any atom is -0.375 e. The quantitative estimate of drug-likeness (QED) is 0.813. The smallest absolute Gasteiger partial charge is 0.248 e. The van der Waals surface area contributed by atoms with Crippen LogP contribution >= 0.6 is 0 Å². The van der Waals surface area contributed by atoms with Gasteiger partial charge in [0.2, 0.25) is 11.8 Å². The van der Waals surface area contributed by atoms with Crippen molar-refractivity contribution in [3.05, 3.63) is 35.4 Å². The van der Waals surface area contributed by atoms with Crippen molar-refractivity contribution >= 4 is 11.8 Å². The molecule has 142 valence electrons. The summed E-state index contributed by atoms with van der Waals surface area (Å²) in [6.07, 6.45) is 2.65. The molecule has 3 rings (SSSR count). The van der Waals surface area contributed by atoms with Gasteiger partial charge in [0.25, 0.3) is 0 Å². The highest BCUT2D eigenvalue weighted by Crippen LogP contribution is 2.40. The van der Waals surface area contributed by atoms with Crippen LogP contribution in [0.4, 0.5) is 0 Å². The van der Waals surface area contributed by atoms with Gasteiger partial charge in [-0.3, -0.25) is 9.59 Å². The van der Waals surface area contributed by atoms with E-state index in [1.54, 1.807) is 4.90 Å². The van der Waals surface area contributed by atoms with E-state index in [4.69, 9.17) is 4.74 Å². The van der Waals surface area contributed by atoms with E-state index >= 15 is 0 Å². The lowest BCUT2D eigenvalue weighted by atomic mass is 9.78. The number of rotatable bonds is 5. The zero-order chi connectivity index (χ0) is 18.7. The van der Waals surface area contributed by atoms with Gasteiger partial charge >= 0.3 is 0 Å². The zero-order valence-corrected chi connectivity index (χ0v) is 16.2. The minimum absolute atomic E-state index is 0.0152. The largest absolute Gasteiger partial charge is 0.375 e. The van der Waals surface area contributed by atoms with E-state index in [1.807, 2.05) is 4.90 Å². The number of amides is 2. The number of carbonyl (C=O) groups excluding carboxylic acids is 2. The Bertz CT molecular complexity index is 656. The first-order chi connectivity index (χ1) is 12.4. The van der Waals surface area contributed by atoms with Gasteiger partial charge in [-0.2, -0.15) is 0 Å². The molecule has 0 saturated carbocycles. The van der Waals surface area contributed by atoms with Crippen molar-refractivity contribution in [2.75, 3.05) is 33.4 Å². The van der Waals surface area contributed by atoms with E-state index in [1.165, 1.54) is 18.2 Å². The Morgan fingerprint density at radius 3 is 2.58 bits per heavy atom. The molecule has 26 heavy (non-hydrogen) atoms. The van der Waals surface area contributed by atoms with Crippen LogP contribution in [-0.4, -0.2) is 55.0 Å². The molecule has 0 aromatic heterocycles. The summed E-state index contributed by atoms with van der Waals surface area (Å²) in [5.41, 5.74) is 2.10. The molecule has 1 spiro atoms. The number of likely N-dealkylation sites (tertiary alicyclic amines) is 2. The third-order valence-corrected chi connectivity index (χ3v) is 5.82. The molecule has 1 atom stereocenters. The van der Waals surface area contributed by atoms with E-state index in [9.17, 15) is 9.59 Å². The molecule has 0 unspecified atom stereocenters. The van der Waals surface area contributed by atoms with Gasteiger partial charge in [0.1, 0.15) is 6.61 Å². The number of ether oxygens (including phenoxy) is 1. The van der Waals surface area contributed by atoms with Crippen LogP contribution in [0.2, 0.25) is 0 Å². The third kappa shape index (κ3) is 3.78. The van der Waals surface area contributed by atoms with Crippen molar-refractivity contribution in [2.24, 2.45) is 5.41 Å². The fourth-order valence-corrected chi connectivity index (χ4v) is 4.21. The summed E-state index contributed by atoms with van der Waals surface area (Å²) in [7, 11) is 1.53. The van der Waals surface area contributed by atoms with Crippen LogP contribution in [0, 0.1) is 5.41 Å². The fraction of sp³-hybridized carbons (Fsp3) is 0.619. The lowest BCUT2D eigenvalue weighted by Crippen LogP contribution is -2.50. The van der Waals surface area contributed by atoms with Crippen molar-refractivity contribution in [1.29, 1.82) is 0 Å². The van der Waals surface area contributed by atoms with Gasteiger partial charge in [-0.05, 0) is 36.3 Å². The predicted octanol–water partition coefficient (Wildman–Crippen LogP) is 2.80. The predicted molar refractivity (Wildman–Crippen MR) is 101 cm³/mol. The average Bonchev–Trinajstić information content (AvgIpc) is 3.05. The standard InChI is InChI=1S/C21H30N2O3/c1-16(2)18-7-5-17(6-8-18)13-22-11-4-9-21(20(22)25)10-12-23(15-21)19(24)14-26-3/h5-8,16H,4,9-15H2,1-3H3/t21-/m1/s1. The Morgan fingerprint density at radius 2 is 1.92 bits per heavy atom. The van der Waals surface area contributed by atoms with E-state index in [0.717, 1.165) is 25.8 Å². The van der Waals surface area contributed by atoms with E-state index < -0.39 is 0 Å². The van der Waals surface area contributed by atoms with Crippen LogP contribution in [0.1, 0.15) is 50.2 Å². The summed E-state index contributed by atoms with van der Waals surface area (Å²) in [6, 6.07) is 8.58. The first-order valence-electron chi connectivity index (χ1n) is 9.60. The Hall–Kier alpha value is -1.88. The summed E-state index contributed by atoms with van der Waals surface area (Å²) in [6.45, 7) is 7.12. The van der Waals surface area contributed by atoms with Gasteiger partial charge in [0.05, 0.1) is 5.41 Å². The molecule has 1 aromatic rings. The van der Waals surface area contributed by atoms with Gasteiger partial charge < -0.3 is 14.5 Å². The van der Waals surface area contributed by atoms with E-state index in [2.05, 4.69) is 38.1 Å². The van der Waals surface area contributed by atoms with Gasteiger partial charge in [-0.25, -0.2) is 0 Å². The van der Waals surface area contributed by atoms with E-state index in [0.29, 0.717) is 25.6 Å². The average molecular weight is 358 g/mol. The minimum atomic E-state index is -0.389. The van der Waals surface area contributed by atoms with Crippen LogP contribution in [0.15, 0.2) is 24.3 Å². The van der Waals surface area contributed by atoms with Crippen LogP contribution in [-0.2, 0) is 20.9 Å². The van der Waals surface area contributed by atoms with Crippen molar-refractivity contribution in [2.45, 2.75) is 45.6 Å². The van der Waals surface area contributed by atoms with Crippen molar-refractivity contribution in [1.82, 2.24) is 9.80 Å². The van der Waals surface area contributed by atoms with Crippen LogP contribution < -0.4 is 0 Å². The molecular weight excluding hydrogens is 328 g/mol. The molecule has 5 nitrogen and oxygen atoms in total. The Labute approximate surface area is 156 Å². The zero-order valence-electron chi connectivity index (χ0n) is 16.2. The second-order valence-electron chi connectivity index (χ2n) is 8.01. The second kappa shape index (κ2) is 7.78. The summed E-state index contributed by atoms with van der Waals surface area (Å²) < 4.78 is 4.96. The molecule has 0 bridgehead atoms. The molecule has 2 amide bonds. The normalized spacial score (nSPS) is 23.3. The number of methoxy groups -OCH3 is 1. The highest BCUT2D eigenvalue weighted by molar-refractivity contribution is 5.86. The third-order valence-electron chi connectivity index (χ3n) is 5.82. The molecule has 2 saturated heterocycles. The fourth-order valence-electron chi connectivity index (χ4n) is 4.21. The molecule has 0 aliphatic carbocycles. The lowest BCUT2D eigenvalue weighted by molar-refractivity contribution is -0.147. The monoisotopic (exact) mass is 358 g/mol. The SMILES string of the molecule is COCC(=O)N1CC[C@]2(CCCN(Cc3ccc(C(C)C)cc3)C2=O)C1. The maximum Gasteiger partial charge on any atom is 0.248 e. The molecule has 0 N–H and O–H groups in total. The van der Waals surface area contributed by atoms with Crippen molar-refractivity contribution in [3.8, 4) is 0 Å². The van der Waals surface area contributed by atoms with Gasteiger partial charge in [-0.15, -0.1) is 0 Å². The van der Waals surface area contributed by atoms with Crippen molar-refractivity contribution in [3.63, 3.8) is 0 Å². The molecule has 5 heteroatoms.